The van der Waals surface area contributed by atoms with Crippen LogP contribution in [0.15, 0.2) is 0 Å². The van der Waals surface area contributed by atoms with Crippen molar-refractivity contribution in [3.63, 3.8) is 0 Å². The monoisotopic (exact) mass is 190 g/mol. The summed E-state index contributed by atoms with van der Waals surface area (Å²) in [5.74, 6) is 0.928. The third-order valence-corrected chi connectivity index (χ3v) is 3.03. The third-order valence-electron chi connectivity index (χ3n) is 2.04. The number of rotatable bonds is 3. The van der Waals surface area contributed by atoms with Gasteiger partial charge >= 0.3 is 67.5 Å². The maximum absolute atomic E-state index is 2.35. The van der Waals surface area contributed by atoms with E-state index in [0.29, 0.717) is 4.20 Å². The normalized spacial score (nSPS) is 12.7. The summed E-state index contributed by atoms with van der Waals surface area (Å²) in [6.45, 7) is 9.28. The van der Waals surface area contributed by atoms with E-state index >= 15 is 0 Å². The van der Waals surface area contributed by atoms with Crippen molar-refractivity contribution in [1.29, 1.82) is 0 Å². The summed E-state index contributed by atoms with van der Waals surface area (Å²) in [5.41, 5.74) is 0. The predicted octanol–water partition coefficient (Wildman–Crippen LogP) is 2.25. The van der Waals surface area contributed by atoms with Crippen molar-refractivity contribution in [3.8, 4) is 0 Å². The Bertz CT molecular complexity index is 67.1. The van der Waals surface area contributed by atoms with Crippen molar-refractivity contribution in [2.24, 2.45) is 5.92 Å². The molecule has 0 bridgehead atoms. The summed E-state index contributed by atoms with van der Waals surface area (Å²) < 4.78 is 0.580. The van der Waals surface area contributed by atoms with Crippen LogP contribution in [0.1, 0.15) is 40.5 Å². The van der Waals surface area contributed by atoms with E-state index in [1.165, 1.54) is 12.8 Å². The average molecular weight is 190 g/mol. The van der Waals surface area contributed by atoms with Crippen molar-refractivity contribution in [1.82, 2.24) is 0 Å². The molecule has 9 heavy (non-hydrogen) atoms. The van der Waals surface area contributed by atoms with E-state index in [1.54, 1.807) is 0 Å². The second-order valence-electron chi connectivity index (χ2n) is 3.33. The molecule has 0 aromatic heterocycles. The second-order valence-corrected chi connectivity index (χ2v) is 6.46. The molecule has 0 spiro atoms. The SMILES string of the molecule is CCC(CC)C(C)(C)[AsH2]. The number of hydrogen-bond acceptors (Lipinski definition) is 0. The Morgan fingerprint density at radius 3 is 1.56 bits per heavy atom. The minimum absolute atomic E-state index is 0.580. The standard InChI is InChI=1S/C8H19As/c1-5-7(6-2)8(3,4)9/h7H,5-6,9H2,1-4H3. The second kappa shape index (κ2) is 3.66. The molecule has 0 aromatic carbocycles. The molecule has 0 aliphatic heterocycles. The van der Waals surface area contributed by atoms with Gasteiger partial charge < -0.3 is 0 Å². The van der Waals surface area contributed by atoms with E-state index in [1.807, 2.05) is 16.9 Å². The first-order valence-corrected chi connectivity index (χ1v) is 5.02. The van der Waals surface area contributed by atoms with Crippen LogP contribution >= 0.6 is 0 Å². The van der Waals surface area contributed by atoms with Crippen molar-refractivity contribution in [2.45, 2.75) is 44.7 Å². The van der Waals surface area contributed by atoms with Crippen LogP contribution in [-0.2, 0) is 0 Å². The van der Waals surface area contributed by atoms with Crippen LogP contribution < -0.4 is 0 Å². The van der Waals surface area contributed by atoms with Gasteiger partial charge in [0, 0.05) is 0 Å². The zero-order valence-electron chi connectivity index (χ0n) is 7.07. The molecule has 1 unspecified atom stereocenters. The van der Waals surface area contributed by atoms with Gasteiger partial charge in [-0.15, -0.1) is 0 Å². The van der Waals surface area contributed by atoms with E-state index in [0.717, 1.165) is 5.92 Å². The van der Waals surface area contributed by atoms with Crippen LogP contribution in [-0.4, -0.2) is 16.9 Å². The van der Waals surface area contributed by atoms with E-state index < -0.39 is 0 Å². The Hall–Kier alpha value is 0.558. The van der Waals surface area contributed by atoms with E-state index in [9.17, 15) is 0 Å². The van der Waals surface area contributed by atoms with Crippen LogP contribution in [0.5, 0.6) is 0 Å². The van der Waals surface area contributed by atoms with Gasteiger partial charge in [-0.25, -0.2) is 0 Å². The molecular weight excluding hydrogens is 171 g/mol. The minimum atomic E-state index is 0.580. The summed E-state index contributed by atoms with van der Waals surface area (Å²) in [5, 5.41) is 0. The Morgan fingerprint density at radius 2 is 1.56 bits per heavy atom. The molecule has 0 fully saturated rings. The first-order chi connectivity index (χ1) is 4.02. The summed E-state index contributed by atoms with van der Waals surface area (Å²) in [4.78, 5) is 0. The molecule has 0 nitrogen and oxygen atoms in total. The first-order valence-electron chi connectivity index (χ1n) is 3.81. The molecule has 0 amide bonds. The van der Waals surface area contributed by atoms with Crippen LogP contribution in [0, 0.1) is 5.92 Å². The molecule has 56 valence electrons. The van der Waals surface area contributed by atoms with Gasteiger partial charge in [0.05, 0.1) is 0 Å². The number of hydrogen-bond donors (Lipinski definition) is 0. The first kappa shape index (κ1) is 9.56. The fourth-order valence-corrected chi connectivity index (χ4v) is 2.33. The quantitative estimate of drug-likeness (QED) is 0.599. The van der Waals surface area contributed by atoms with Crippen molar-refractivity contribution >= 4 is 16.9 Å². The van der Waals surface area contributed by atoms with Gasteiger partial charge in [-0.2, -0.15) is 0 Å². The maximum atomic E-state index is 2.35. The molecular formula is C8H19As. The molecule has 0 aromatic rings. The summed E-state index contributed by atoms with van der Waals surface area (Å²) in [6.07, 6.45) is 2.67. The topological polar surface area (TPSA) is 0 Å². The van der Waals surface area contributed by atoms with E-state index in [2.05, 4.69) is 27.7 Å². The molecule has 1 atom stereocenters. The van der Waals surface area contributed by atoms with Gasteiger partial charge in [0.1, 0.15) is 0 Å². The molecule has 0 saturated heterocycles. The fourth-order valence-electron chi connectivity index (χ4n) is 1.34. The molecule has 1 heteroatoms. The Kier molecular flexibility index (Phi) is 3.89. The van der Waals surface area contributed by atoms with Crippen LogP contribution in [0.4, 0.5) is 0 Å². The zero-order chi connectivity index (χ0) is 7.49. The van der Waals surface area contributed by atoms with Gasteiger partial charge in [0.15, 0.2) is 0 Å². The van der Waals surface area contributed by atoms with Crippen molar-refractivity contribution in [2.75, 3.05) is 0 Å². The summed E-state index contributed by atoms with van der Waals surface area (Å²) in [7, 11) is 0. The molecule has 0 heterocycles. The van der Waals surface area contributed by atoms with Gasteiger partial charge in [0.2, 0.25) is 0 Å². The Labute approximate surface area is 67.9 Å². The van der Waals surface area contributed by atoms with Gasteiger partial charge in [-0.05, 0) is 0 Å². The van der Waals surface area contributed by atoms with Crippen molar-refractivity contribution in [3.05, 3.63) is 0 Å². The van der Waals surface area contributed by atoms with E-state index in [-0.39, 0.29) is 0 Å². The van der Waals surface area contributed by atoms with Gasteiger partial charge in [-0.3, -0.25) is 0 Å². The fraction of sp³-hybridized carbons (Fsp3) is 1.00. The Morgan fingerprint density at radius 1 is 1.22 bits per heavy atom. The third kappa shape index (κ3) is 3.30. The Balaban J connectivity index is 3.79. The average Bonchev–Trinajstić information content (AvgIpc) is 1.65. The molecule has 0 radical (unpaired) electrons. The molecule has 0 aliphatic carbocycles. The predicted molar refractivity (Wildman–Crippen MR) is 46.7 cm³/mol. The molecule has 0 saturated carbocycles. The summed E-state index contributed by atoms with van der Waals surface area (Å²) >= 11 is 1.88. The molecule has 0 rings (SSSR count). The van der Waals surface area contributed by atoms with Crippen LogP contribution in [0.3, 0.4) is 0 Å². The zero-order valence-corrected chi connectivity index (χ0v) is 9.49. The molecule has 0 aliphatic rings. The van der Waals surface area contributed by atoms with Crippen LogP contribution in [0.25, 0.3) is 0 Å². The van der Waals surface area contributed by atoms with Crippen LogP contribution in [0.2, 0.25) is 4.20 Å². The molecule has 0 N–H and O–H groups in total. The van der Waals surface area contributed by atoms with Crippen molar-refractivity contribution < 1.29 is 0 Å². The van der Waals surface area contributed by atoms with E-state index in [4.69, 9.17) is 0 Å². The van der Waals surface area contributed by atoms with Gasteiger partial charge in [0.25, 0.3) is 0 Å². The summed E-state index contributed by atoms with van der Waals surface area (Å²) in [6, 6.07) is 0. The van der Waals surface area contributed by atoms with Gasteiger partial charge in [-0.1, -0.05) is 0 Å².